The van der Waals surface area contributed by atoms with Gasteiger partial charge < -0.3 is 10.4 Å². The molecule has 4 heteroatoms. The molecule has 4 aromatic rings. The zero-order valence-electron chi connectivity index (χ0n) is 15.5. The number of carbonyl (C=O) groups excluding carboxylic acids is 1. The van der Waals surface area contributed by atoms with E-state index in [1.807, 2.05) is 73.7 Å². The number of aryl methyl sites for hydroxylation is 1. The van der Waals surface area contributed by atoms with E-state index in [4.69, 9.17) is 0 Å². The summed E-state index contributed by atoms with van der Waals surface area (Å²) in [5, 5.41) is 14.9. The Hall–Kier alpha value is -3.66. The predicted octanol–water partition coefficient (Wildman–Crippen LogP) is 4.77. The molecule has 1 unspecified atom stereocenters. The van der Waals surface area contributed by atoms with E-state index >= 15 is 0 Å². The third-order valence-corrected chi connectivity index (χ3v) is 4.90. The van der Waals surface area contributed by atoms with Gasteiger partial charge in [-0.3, -0.25) is 9.78 Å². The van der Waals surface area contributed by atoms with Gasteiger partial charge in [-0.05, 0) is 36.2 Å². The number of phenolic OH excluding ortho intramolecular Hbond substituents is 1. The van der Waals surface area contributed by atoms with E-state index in [0.717, 1.165) is 16.5 Å². The zero-order valence-corrected chi connectivity index (χ0v) is 15.5. The normalized spacial score (nSPS) is 11.9. The molecule has 0 aliphatic carbocycles. The summed E-state index contributed by atoms with van der Waals surface area (Å²) in [6.45, 7) is 1.99. The predicted molar refractivity (Wildman–Crippen MR) is 110 cm³/mol. The highest BCUT2D eigenvalue weighted by Gasteiger charge is 2.23. The molecule has 138 valence electrons. The van der Waals surface area contributed by atoms with Gasteiger partial charge in [-0.15, -0.1) is 0 Å². The van der Waals surface area contributed by atoms with Gasteiger partial charge in [0, 0.05) is 22.7 Å². The number of fused-ring (bicyclic) bond motifs is 1. The number of pyridine rings is 1. The van der Waals surface area contributed by atoms with E-state index in [9.17, 15) is 9.90 Å². The quantitative estimate of drug-likeness (QED) is 0.545. The van der Waals surface area contributed by atoms with Crippen molar-refractivity contribution in [2.75, 3.05) is 0 Å². The summed E-state index contributed by atoms with van der Waals surface area (Å²) in [4.78, 5) is 17.2. The van der Waals surface area contributed by atoms with Crippen molar-refractivity contribution in [2.45, 2.75) is 13.0 Å². The van der Waals surface area contributed by atoms with E-state index in [2.05, 4.69) is 10.3 Å². The van der Waals surface area contributed by atoms with Crippen LogP contribution in [0.1, 0.15) is 33.1 Å². The number of nitrogens with one attached hydrogen (secondary N) is 1. The minimum absolute atomic E-state index is 0.0831. The summed E-state index contributed by atoms with van der Waals surface area (Å²) in [6.07, 6.45) is 1.65. The number of aromatic hydroxyl groups is 1. The average Bonchev–Trinajstić information content (AvgIpc) is 2.74. The first-order valence-corrected chi connectivity index (χ1v) is 9.13. The van der Waals surface area contributed by atoms with Crippen molar-refractivity contribution in [1.82, 2.24) is 10.3 Å². The van der Waals surface area contributed by atoms with Crippen LogP contribution in [0.2, 0.25) is 0 Å². The maximum absolute atomic E-state index is 12.9. The summed E-state index contributed by atoms with van der Waals surface area (Å²) in [5.74, 6) is -0.117. The Morgan fingerprint density at radius 3 is 2.43 bits per heavy atom. The fourth-order valence-corrected chi connectivity index (χ4v) is 3.42. The lowest BCUT2D eigenvalue weighted by molar-refractivity contribution is 0.0942. The lowest BCUT2D eigenvalue weighted by atomic mass is 9.93. The van der Waals surface area contributed by atoms with Crippen LogP contribution in [0.5, 0.6) is 5.75 Å². The Labute approximate surface area is 163 Å². The standard InChI is InChI=1S/C24H20N2O2/c1-16-8-5-6-12-19(16)22(26-24(28)18-9-3-2-4-10-18)20-14-13-17-11-7-15-25-21(17)23(20)27/h2-15,22,27H,1H3,(H,26,28). The third kappa shape index (κ3) is 3.32. The van der Waals surface area contributed by atoms with Crippen molar-refractivity contribution < 1.29 is 9.90 Å². The monoisotopic (exact) mass is 368 g/mol. The highest BCUT2D eigenvalue weighted by Crippen LogP contribution is 2.35. The number of aromatic nitrogens is 1. The Morgan fingerprint density at radius 1 is 0.893 bits per heavy atom. The second kappa shape index (κ2) is 7.53. The number of hydrogen-bond acceptors (Lipinski definition) is 3. The first kappa shape index (κ1) is 17.7. The highest BCUT2D eigenvalue weighted by molar-refractivity contribution is 5.95. The molecular weight excluding hydrogens is 348 g/mol. The number of benzene rings is 3. The van der Waals surface area contributed by atoms with Gasteiger partial charge in [-0.2, -0.15) is 0 Å². The van der Waals surface area contributed by atoms with Gasteiger partial charge in [-0.25, -0.2) is 0 Å². The molecule has 4 nitrogen and oxygen atoms in total. The second-order valence-corrected chi connectivity index (χ2v) is 6.71. The molecule has 0 spiro atoms. The van der Waals surface area contributed by atoms with E-state index in [-0.39, 0.29) is 11.7 Å². The van der Waals surface area contributed by atoms with Crippen molar-refractivity contribution >= 4 is 16.8 Å². The van der Waals surface area contributed by atoms with Crippen LogP contribution in [0.4, 0.5) is 0 Å². The molecule has 0 bridgehead atoms. The van der Waals surface area contributed by atoms with Crippen LogP contribution in [-0.4, -0.2) is 16.0 Å². The number of hydrogen-bond donors (Lipinski definition) is 2. The summed E-state index contributed by atoms with van der Waals surface area (Å²) in [7, 11) is 0. The number of nitrogens with zero attached hydrogens (tertiary/aromatic N) is 1. The molecule has 0 fully saturated rings. The Kier molecular flexibility index (Phi) is 4.77. The third-order valence-electron chi connectivity index (χ3n) is 4.90. The zero-order chi connectivity index (χ0) is 19.5. The molecule has 4 rings (SSSR count). The lowest BCUT2D eigenvalue weighted by Crippen LogP contribution is -2.29. The molecule has 1 atom stereocenters. The minimum Gasteiger partial charge on any atom is -0.505 e. The molecule has 0 aliphatic heterocycles. The smallest absolute Gasteiger partial charge is 0.252 e. The average molecular weight is 368 g/mol. The van der Waals surface area contributed by atoms with E-state index in [0.29, 0.717) is 16.6 Å². The van der Waals surface area contributed by atoms with E-state index in [1.165, 1.54) is 0 Å². The largest absolute Gasteiger partial charge is 0.505 e. The number of rotatable bonds is 4. The molecule has 0 aliphatic rings. The summed E-state index contributed by atoms with van der Waals surface area (Å²) in [6, 6.07) is 23.9. The molecule has 28 heavy (non-hydrogen) atoms. The van der Waals surface area contributed by atoms with E-state index in [1.54, 1.807) is 18.3 Å². The van der Waals surface area contributed by atoms with Gasteiger partial charge in [0.05, 0.1) is 6.04 Å². The molecule has 2 N–H and O–H groups in total. The first-order chi connectivity index (χ1) is 13.6. The van der Waals surface area contributed by atoms with Crippen LogP contribution < -0.4 is 5.32 Å². The Balaban J connectivity index is 1.83. The summed E-state index contributed by atoms with van der Waals surface area (Å²) >= 11 is 0. The molecule has 1 heterocycles. The fourth-order valence-electron chi connectivity index (χ4n) is 3.42. The van der Waals surface area contributed by atoms with Crippen LogP contribution in [-0.2, 0) is 0 Å². The molecule has 1 aromatic heterocycles. The van der Waals surface area contributed by atoms with Crippen molar-refractivity contribution in [1.29, 1.82) is 0 Å². The maximum Gasteiger partial charge on any atom is 0.252 e. The van der Waals surface area contributed by atoms with Crippen molar-refractivity contribution in [3.8, 4) is 5.75 Å². The summed E-state index contributed by atoms with van der Waals surface area (Å²) in [5.41, 5.74) is 3.66. The van der Waals surface area contributed by atoms with Gasteiger partial charge in [0.15, 0.2) is 0 Å². The number of amides is 1. The van der Waals surface area contributed by atoms with Gasteiger partial charge in [0.2, 0.25) is 0 Å². The molecule has 3 aromatic carbocycles. The topological polar surface area (TPSA) is 62.2 Å². The van der Waals surface area contributed by atoms with Crippen molar-refractivity contribution in [3.05, 3.63) is 107 Å². The maximum atomic E-state index is 12.9. The van der Waals surface area contributed by atoms with Crippen LogP contribution >= 0.6 is 0 Å². The van der Waals surface area contributed by atoms with Crippen LogP contribution in [0.15, 0.2) is 85.1 Å². The lowest BCUT2D eigenvalue weighted by Gasteiger charge is -2.23. The van der Waals surface area contributed by atoms with Gasteiger partial charge >= 0.3 is 0 Å². The Bertz CT molecular complexity index is 1140. The second-order valence-electron chi connectivity index (χ2n) is 6.71. The molecular formula is C24H20N2O2. The SMILES string of the molecule is Cc1ccccc1C(NC(=O)c1ccccc1)c1ccc2cccnc2c1O. The van der Waals surface area contributed by atoms with Crippen LogP contribution in [0.3, 0.4) is 0 Å². The first-order valence-electron chi connectivity index (χ1n) is 9.13. The molecule has 0 radical (unpaired) electrons. The van der Waals surface area contributed by atoms with Gasteiger partial charge in [-0.1, -0.05) is 60.7 Å². The fraction of sp³-hybridized carbons (Fsp3) is 0.0833. The number of phenols is 1. The van der Waals surface area contributed by atoms with Gasteiger partial charge in [0.1, 0.15) is 11.3 Å². The van der Waals surface area contributed by atoms with Crippen LogP contribution in [0, 0.1) is 6.92 Å². The highest BCUT2D eigenvalue weighted by atomic mass is 16.3. The van der Waals surface area contributed by atoms with Crippen molar-refractivity contribution in [2.24, 2.45) is 0 Å². The number of carbonyl (C=O) groups is 1. The summed E-state index contributed by atoms with van der Waals surface area (Å²) < 4.78 is 0. The van der Waals surface area contributed by atoms with Gasteiger partial charge in [0.25, 0.3) is 5.91 Å². The molecule has 1 amide bonds. The van der Waals surface area contributed by atoms with Crippen molar-refractivity contribution in [3.63, 3.8) is 0 Å². The Morgan fingerprint density at radius 2 is 1.64 bits per heavy atom. The minimum atomic E-state index is -0.500. The van der Waals surface area contributed by atoms with E-state index < -0.39 is 6.04 Å². The van der Waals surface area contributed by atoms with Crippen LogP contribution in [0.25, 0.3) is 10.9 Å². The molecule has 0 saturated heterocycles. The molecule has 0 saturated carbocycles.